The van der Waals surface area contributed by atoms with Gasteiger partial charge in [0.15, 0.2) is 6.04 Å². The molecule has 0 spiro atoms. The molecule has 0 fully saturated rings. The monoisotopic (exact) mass is 276 g/mol. The van der Waals surface area contributed by atoms with Gasteiger partial charge >= 0.3 is 12.1 Å². The first-order valence-corrected chi connectivity index (χ1v) is 6.32. The maximum Gasteiger partial charge on any atom is 0.431 e. The number of benzene rings is 1. The van der Waals surface area contributed by atoms with Crippen LogP contribution in [0, 0.1) is 0 Å². The molecule has 0 aromatic heterocycles. The number of rotatable bonds is 3. The van der Waals surface area contributed by atoms with Crippen LogP contribution < -0.4 is 0 Å². The molecule has 1 amide bonds. The molecule has 0 bridgehead atoms. The number of amides is 1. The minimum Gasteiger partial charge on any atom is -0.467 e. The summed E-state index contributed by atoms with van der Waals surface area (Å²) in [5.74, 6) is -0.487. The first-order chi connectivity index (χ1) is 9.72. The van der Waals surface area contributed by atoms with Crippen LogP contribution in [0.5, 0.6) is 0 Å². The molecule has 1 aliphatic rings. The van der Waals surface area contributed by atoms with Crippen LogP contribution in [-0.4, -0.2) is 36.4 Å². The van der Waals surface area contributed by atoms with Crippen LogP contribution in [0.25, 0.3) is 0 Å². The zero-order valence-corrected chi connectivity index (χ0v) is 11.2. The van der Waals surface area contributed by atoms with E-state index in [4.69, 9.17) is 4.74 Å². The van der Waals surface area contributed by atoms with Crippen LogP contribution in [0.3, 0.4) is 0 Å². The lowest BCUT2D eigenvalue weighted by Gasteiger charge is -2.26. The number of hydrazone groups is 1. The molecule has 6 heteroatoms. The van der Waals surface area contributed by atoms with E-state index < -0.39 is 18.1 Å². The number of nitrogens with zero attached hydrogens (tertiary/aromatic N) is 2. The highest BCUT2D eigenvalue weighted by Crippen LogP contribution is 2.16. The smallest absolute Gasteiger partial charge is 0.431 e. The van der Waals surface area contributed by atoms with Crippen molar-refractivity contribution in [1.82, 2.24) is 5.01 Å². The predicted octanol–water partition coefficient (Wildman–Crippen LogP) is 1.95. The van der Waals surface area contributed by atoms with E-state index in [9.17, 15) is 9.59 Å². The second-order valence-electron chi connectivity index (χ2n) is 4.30. The predicted molar refractivity (Wildman–Crippen MR) is 72.0 cm³/mol. The number of hydrogen-bond donors (Lipinski definition) is 0. The summed E-state index contributed by atoms with van der Waals surface area (Å²) in [5, 5.41) is 4.97. The third-order valence-corrected chi connectivity index (χ3v) is 2.94. The van der Waals surface area contributed by atoms with Crippen LogP contribution >= 0.6 is 0 Å². The Balaban J connectivity index is 1.98. The van der Waals surface area contributed by atoms with Gasteiger partial charge in [-0.3, -0.25) is 0 Å². The quantitative estimate of drug-likeness (QED) is 0.791. The molecule has 106 valence electrons. The number of ether oxygens (including phenoxy) is 2. The first kappa shape index (κ1) is 14.0. The molecule has 0 unspecified atom stereocenters. The lowest BCUT2D eigenvalue weighted by atomic mass is 10.1. The van der Waals surface area contributed by atoms with Crippen LogP contribution in [0.4, 0.5) is 4.79 Å². The maximum absolute atomic E-state index is 12.0. The van der Waals surface area contributed by atoms with Gasteiger partial charge in [-0.05, 0) is 18.4 Å². The molecule has 1 aliphatic heterocycles. The fourth-order valence-electron chi connectivity index (χ4n) is 1.89. The Bertz CT molecular complexity index is 501. The Morgan fingerprint density at radius 1 is 1.35 bits per heavy atom. The van der Waals surface area contributed by atoms with Gasteiger partial charge in [-0.2, -0.15) is 10.1 Å². The number of carbonyl (C=O) groups is 2. The molecule has 0 N–H and O–H groups in total. The van der Waals surface area contributed by atoms with Crippen molar-refractivity contribution in [3.05, 3.63) is 35.9 Å². The minimum absolute atomic E-state index is 0.138. The van der Waals surface area contributed by atoms with E-state index in [0.29, 0.717) is 12.8 Å². The van der Waals surface area contributed by atoms with Gasteiger partial charge in [-0.25, -0.2) is 9.59 Å². The molecule has 1 heterocycles. The molecule has 1 aromatic carbocycles. The fraction of sp³-hybridized carbons (Fsp3) is 0.357. The van der Waals surface area contributed by atoms with Gasteiger partial charge < -0.3 is 9.47 Å². The molecule has 20 heavy (non-hydrogen) atoms. The average molecular weight is 276 g/mol. The van der Waals surface area contributed by atoms with E-state index in [1.54, 1.807) is 6.21 Å². The summed E-state index contributed by atoms with van der Waals surface area (Å²) in [6.45, 7) is 0.138. The Hall–Kier alpha value is -2.37. The molecular weight excluding hydrogens is 260 g/mol. The van der Waals surface area contributed by atoms with Gasteiger partial charge in [0.05, 0.1) is 7.11 Å². The van der Waals surface area contributed by atoms with Crippen LogP contribution in [0.15, 0.2) is 35.4 Å². The lowest BCUT2D eigenvalue weighted by molar-refractivity contribution is -0.146. The molecule has 1 atom stereocenters. The Morgan fingerprint density at radius 3 is 2.80 bits per heavy atom. The topological polar surface area (TPSA) is 68.2 Å². The first-order valence-electron chi connectivity index (χ1n) is 6.32. The van der Waals surface area contributed by atoms with Crippen molar-refractivity contribution in [2.75, 3.05) is 7.11 Å². The average Bonchev–Trinajstić information content (AvgIpc) is 2.52. The normalized spacial score (nSPS) is 17.6. The summed E-state index contributed by atoms with van der Waals surface area (Å²) in [6.07, 6.45) is 2.04. The molecule has 6 nitrogen and oxygen atoms in total. The summed E-state index contributed by atoms with van der Waals surface area (Å²) < 4.78 is 9.83. The minimum atomic E-state index is -0.715. The van der Waals surface area contributed by atoms with Gasteiger partial charge in [0, 0.05) is 6.21 Å². The Labute approximate surface area is 117 Å². The Morgan fingerprint density at radius 2 is 2.10 bits per heavy atom. The summed E-state index contributed by atoms with van der Waals surface area (Å²) in [7, 11) is 1.29. The number of carbonyl (C=O) groups excluding carboxylic acids is 2. The van der Waals surface area contributed by atoms with Crippen LogP contribution in [-0.2, 0) is 20.9 Å². The lowest BCUT2D eigenvalue weighted by Crippen LogP contribution is -2.44. The zero-order valence-electron chi connectivity index (χ0n) is 11.2. The Kier molecular flexibility index (Phi) is 4.70. The molecule has 1 aromatic rings. The standard InChI is InChI=1S/C14H16N2O4/c1-19-13(17)12-8-5-9-15-16(12)14(18)20-10-11-6-3-2-4-7-11/h2-4,6-7,9,12H,5,8,10H2,1H3/t12-/m0/s1. The molecule has 0 radical (unpaired) electrons. The maximum atomic E-state index is 12.0. The number of esters is 1. The van der Waals surface area contributed by atoms with Crippen molar-refractivity contribution in [3.8, 4) is 0 Å². The van der Waals surface area contributed by atoms with Crippen LogP contribution in [0.1, 0.15) is 18.4 Å². The summed E-state index contributed by atoms with van der Waals surface area (Å²) in [6, 6.07) is 8.59. The van der Waals surface area contributed by atoms with E-state index in [2.05, 4.69) is 9.84 Å². The molecule has 0 saturated heterocycles. The second kappa shape index (κ2) is 6.70. The number of hydrogen-bond acceptors (Lipinski definition) is 5. The third-order valence-electron chi connectivity index (χ3n) is 2.94. The SMILES string of the molecule is COC(=O)[C@@H]1CCC=NN1C(=O)OCc1ccccc1. The summed E-state index contributed by atoms with van der Waals surface area (Å²) in [5.41, 5.74) is 0.872. The van der Waals surface area contributed by atoms with Crippen molar-refractivity contribution in [2.45, 2.75) is 25.5 Å². The van der Waals surface area contributed by atoms with Crippen molar-refractivity contribution in [2.24, 2.45) is 5.10 Å². The van der Waals surface area contributed by atoms with E-state index in [-0.39, 0.29) is 6.61 Å². The third kappa shape index (κ3) is 3.34. The summed E-state index contributed by atoms with van der Waals surface area (Å²) >= 11 is 0. The van der Waals surface area contributed by atoms with Gasteiger partial charge in [-0.15, -0.1) is 0 Å². The largest absolute Gasteiger partial charge is 0.467 e. The van der Waals surface area contributed by atoms with Gasteiger partial charge in [-0.1, -0.05) is 30.3 Å². The van der Waals surface area contributed by atoms with Crippen molar-refractivity contribution >= 4 is 18.3 Å². The van der Waals surface area contributed by atoms with Gasteiger partial charge in [0.1, 0.15) is 6.61 Å². The van der Waals surface area contributed by atoms with Crippen molar-refractivity contribution in [3.63, 3.8) is 0 Å². The van der Waals surface area contributed by atoms with E-state index in [0.717, 1.165) is 10.6 Å². The highest BCUT2D eigenvalue weighted by atomic mass is 16.6. The molecule has 2 rings (SSSR count). The van der Waals surface area contributed by atoms with Crippen LogP contribution in [0.2, 0.25) is 0 Å². The van der Waals surface area contributed by atoms with Gasteiger partial charge in [0.2, 0.25) is 0 Å². The second-order valence-corrected chi connectivity index (χ2v) is 4.30. The van der Waals surface area contributed by atoms with E-state index in [1.165, 1.54) is 7.11 Å². The highest BCUT2D eigenvalue weighted by Gasteiger charge is 2.33. The van der Waals surface area contributed by atoms with E-state index >= 15 is 0 Å². The van der Waals surface area contributed by atoms with Crippen molar-refractivity contribution in [1.29, 1.82) is 0 Å². The molecular formula is C14H16N2O4. The summed E-state index contributed by atoms with van der Waals surface area (Å²) in [4.78, 5) is 23.6. The zero-order chi connectivity index (χ0) is 14.4. The van der Waals surface area contributed by atoms with Gasteiger partial charge in [0.25, 0.3) is 0 Å². The molecule has 0 aliphatic carbocycles. The molecule has 0 saturated carbocycles. The highest BCUT2D eigenvalue weighted by molar-refractivity contribution is 5.83. The van der Waals surface area contributed by atoms with Crippen molar-refractivity contribution < 1.29 is 19.1 Å². The number of methoxy groups -OCH3 is 1. The fourth-order valence-corrected chi connectivity index (χ4v) is 1.89. The van der Waals surface area contributed by atoms with E-state index in [1.807, 2.05) is 30.3 Å².